The van der Waals surface area contributed by atoms with Gasteiger partial charge in [-0.2, -0.15) is 0 Å². The fraction of sp³-hybridized carbons (Fsp3) is 0.533. The highest BCUT2D eigenvalue weighted by atomic mass is 35.5. The van der Waals surface area contributed by atoms with Gasteiger partial charge in [0.1, 0.15) is 5.75 Å². The third-order valence-electron chi connectivity index (χ3n) is 3.69. The van der Waals surface area contributed by atoms with E-state index >= 15 is 0 Å². The van der Waals surface area contributed by atoms with Gasteiger partial charge >= 0.3 is 0 Å². The third-order valence-corrected chi connectivity index (χ3v) is 3.99. The zero-order chi connectivity index (χ0) is 13.7. The maximum Gasteiger partial charge on any atom is 0.224 e. The maximum absolute atomic E-state index is 11.8. The molecule has 1 fully saturated rings. The highest BCUT2D eigenvalue weighted by molar-refractivity contribution is 6.32. The highest BCUT2D eigenvalue weighted by Gasteiger charge is 2.16. The first-order valence-electron chi connectivity index (χ1n) is 6.82. The van der Waals surface area contributed by atoms with Crippen molar-refractivity contribution >= 4 is 23.2 Å². The van der Waals surface area contributed by atoms with Gasteiger partial charge in [0.25, 0.3) is 0 Å². The fourth-order valence-electron chi connectivity index (χ4n) is 2.60. The molecule has 0 heterocycles. The molecule has 2 rings (SSSR count). The van der Waals surface area contributed by atoms with Crippen LogP contribution in [0.15, 0.2) is 18.2 Å². The lowest BCUT2D eigenvalue weighted by molar-refractivity contribution is -0.116. The average molecular weight is 282 g/mol. The second kappa shape index (κ2) is 6.80. The highest BCUT2D eigenvalue weighted by Crippen LogP contribution is 2.29. The van der Waals surface area contributed by atoms with Gasteiger partial charge in [0.2, 0.25) is 5.91 Å². The van der Waals surface area contributed by atoms with E-state index in [-0.39, 0.29) is 5.91 Å². The summed E-state index contributed by atoms with van der Waals surface area (Å²) in [5, 5.41) is 3.39. The van der Waals surface area contributed by atoms with Crippen molar-refractivity contribution in [1.82, 2.24) is 0 Å². The molecule has 19 heavy (non-hydrogen) atoms. The van der Waals surface area contributed by atoms with Crippen LogP contribution in [0.25, 0.3) is 0 Å². The molecule has 0 atom stereocenters. The molecule has 1 aromatic carbocycles. The summed E-state index contributed by atoms with van der Waals surface area (Å²) in [6.07, 6.45) is 6.79. The monoisotopic (exact) mass is 281 g/mol. The number of anilines is 1. The van der Waals surface area contributed by atoms with Crippen LogP contribution in [0.3, 0.4) is 0 Å². The Hall–Kier alpha value is -1.22. The molecule has 104 valence electrons. The first-order chi connectivity index (χ1) is 9.19. The number of hydrogen-bond donors (Lipinski definition) is 1. The van der Waals surface area contributed by atoms with Crippen molar-refractivity contribution in [3.8, 4) is 5.75 Å². The number of hydrogen-bond acceptors (Lipinski definition) is 2. The molecule has 1 saturated carbocycles. The van der Waals surface area contributed by atoms with E-state index in [4.69, 9.17) is 16.3 Å². The molecule has 1 aliphatic carbocycles. The molecule has 0 bridgehead atoms. The Morgan fingerprint density at radius 1 is 1.42 bits per heavy atom. The van der Waals surface area contributed by atoms with Crippen molar-refractivity contribution < 1.29 is 9.53 Å². The van der Waals surface area contributed by atoms with Gasteiger partial charge in [0.05, 0.1) is 12.1 Å². The van der Waals surface area contributed by atoms with Crippen LogP contribution in [-0.4, -0.2) is 13.0 Å². The smallest absolute Gasteiger partial charge is 0.224 e. The summed E-state index contributed by atoms with van der Waals surface area (Å²) in [4.78, 5) is 11.8. The van der Waals surface area contributed by atoms with Crippen molar-refractivity contribution in [1.29, 1.82) is 0 Å². The normalized spacial score (nSPS) is 15.5. The standard InChI is InChI=1S/C15H20ClNO2/c1-19-14-8-7-12(10-13(14)16)17-15(18)9-6-11-4-2-3-5-11/h7-8,10-11H,2-6,9H2,1H3,(H,17,18). The number of ether oxygens (including phenoxy) is 1. The van der Waals surface area contributed by atoms with Crippen LogP contribution in [0.5, 0.6) is 5.75 Å². The lowest BCUT2D eigenvalue weighted by atomic mass is 10.0. The summed E-state index contributed by atoms with van der Waals surface area (Å²) in [6, 6.07) is 5.28. The lowest BCUT2D eigenvalue weighted by Gasteiger charge is -2.10. The van der Waals surface area contributed by atoms with Crippen molar-refractivity contribution in [3.63, 3.8) is 0 Å². The second-order valence-electron chi connectivity index (χ2n) is 5.09. The van der Waals surface area contributed by atoms with E-state index in [9.17, 15) is 4.79 Å². The predicted octanol–water partition coefficient (Wildman–Crippen LogP) is 4.26. The average Bonchev–Trinajstić information content (AvgIpc) is 2.90. The summed E-state index contributed by atoms with van der Waals surface area (Å²) in [5.41, 5.74) is 0.724. The van der Waals surface area contributed by atoms with Gasteiger partial charge in [-0.25, -0.2) is 0 Å². The maximum atomic E-state index is 11.8. The minimum absolute atomic E-state index is 0.0631. The number of carbonyl (C=O) groups is 1. The largest absolute Gasteiger partial charge is 0.495 e. The Bertz CT molecular complexity index is 442. The molecule has 0 unspecified atom stereocenters. The van der Waals surface area contributed by atoms with E-state index in [1.165, 1.54) is 25.7 Å². The predicted molar refractivity (Wildman–Crippen MR) is 77.8 cm³/mol. The zero-order valence-electron chi connectivity index (χ0n) is 11.2. The molecule has 0 saturated heterocycles. The van der Waals surface area contributed by atoms with Crippen molar-refractivity contribution in [2.45, 2.75) is 38.5 Å². The summed E-state index contributed by atoms with van der Waals surface area (Å²) in [6.45, 7) is 0. The Morgan fingerprint density at radius 2 is 2.16 bits per heavy atom. The first-order valence-corrected chi connectivity index (χ1v) is 7.20. The van der Waals surface area contributed by atoms with Crippen LogP contribution in [0.4, 0.5) is 5.69 Å². The Labute approximate surface area is 119 Å². The number of benzene rings is 1. The molecule has 1 aromatic rings. The van der Waals surface area contributed by atoms with Crippen molar-refractivity contribution in [3.05, 3.63) is 23.2 Å². The Morgan fingerprint density at radius 3 is 2.79 bits per heavy atom. The van der Waals surface area contributed by atoms with E-state index in [2.05, 4.69) is 5.32 Å². The molecular formula is C15H20ClNO2. The zero-order valence-corrected chi connectivity index (χ0v) is 12.0. The number of amides is 1. The molecule has 1 aliphatic rings. The molecule has 0 spiro atoms. The molecule has 0 radical (unpaired) electrons. The summed E-state index contributed by atoms with van der Waals surface area (Å²) in [5.74, 6) is 1.42. The minimum atomic E-state index is 0.0631. The van der Waals surface area contributed by atoms with Gasteiger partial charge in [-0.3, -0.25) is 4.79 Å². The molecule has 1 amide bonds. The lowest BCUT2D eigenvalue weighted by Crippen LogP contribution is -2.12. The molecule has 4 heteroatoms. The van der Waals surface area contributed by atoms with Gasteiger partial charge in [-0.05, 0) is 30.5 Å². The number of nitrogens with one attached hydrogen (secondary N) is 1. The first kappa shape index (κ1) is 14.2. The molecule has 3 nitrogen and oxygen atoms in total. The van der Waals surface area contributed by atoms with Gasteiger partial charge in [0.15, 0.2) is 0 Å². The van der Waals surface area contributed by atoms with E-state index in [0.29, 0.717) is 17.2 Å². The van der Waals surface area contributed by atoms with E-state index < -0.39 is 0 Å². The minimum Gasteiger partial charge on any atom is -0.495 e. The van der Waals surface area contributed by atoms with E-state index in [0.717, 1.165) is 18.0 Å². The van der Waals surface area contributed by atoms with Gasteiger partial charge in [-0.1, -0.05) is 37.3 Å². The molecule has 0 aliphatic heterocycles. The van der Waals surface area contributed by atoms with Gasteiger partial charge in [-0.15, -0.1) is 0 Å². The van der Waals surface area contributed by atoms with Crippen LogP contribution >= 0.6 is 11.6 Å². The summed E-state index contributed by atoms with van der Waals surface area (Å²) >= 11 is 6.02. The number of rotatable bonds is 5. The molecular weight excluding hydrogens is 262 g/mol. The van der Waals surface area contributed by atoms with Crippen LogP contribution in [0.1, 0.15) is 38.5 Å². The summed E-state index contributed by atoms with van der Waals surface area (Å²) < 4.78 is 5.08. The number of carbonyl (C=O) groups excluding carboxylic acids is 1. The van der Waals surface area contributed by atoms with Crippen molar-refractivity contribution in [2.24, 2.45) is 5.92 Å². The Kier molecular flexibility index (Phi) is 5.08. The van der Waals surface area contributed by atoms with E-state index in [1.807, 2.05) is 0 Å². The number of halogens is 1. The van der Waals surface area contributed by atoms with Crippen LogP contribution in [0, 0.1) is 5.92 Å². The third kappa shape index (κ3) is 4.13. The van der Waals surface area contributed by atoms with Gasteiger partial charge in [0, 0.05) is 12.1 Å². The molecule has 1 N–H and O–H groups in total. The van der Waals surface area contributed by atoms with E-state index in [1.54, 1.807) is 25.3 Å². The number of methoxy groups -OCH3 is 1. The van der Waals surface area contributed by atoms with Crippen LogP contribution < -0.4 is 10.1 Å². The Balaban J connectivity index is 1.82. The topological polar surface area (TPSA) is 38.3 Å². The fourth-order valence-corrected chi connectivity index (χ4v) is 2.86. The summed E-state index contributed by atoms with van der Waals surface area (Å²) in [7, 11) is 1.57. The second-order valence-corrected chi connectivity index (χ2v) is 5.49. The quantitative estimate of drug-likeness (QED) is 0.876. The van der Waals surface area contributed by atoms with Gasteiger partial charge < -0.3 is 10.1 Å². The molecule has 0 aromatic heterocycles. The van der Waals surface area contributed by atoms with Crippen molar-refractivity contribution in [2.75, 3.05) is 12.4 Å². The van der Waals surface area contributed by atoms with Crippen LogP contribution in [-0.2, 0) is 4.79 Å². The van der Waals surface area contributed by atoms with Crippen LogP contribution in [0.2, 0.25) is 5.02 Å². The SMILES string of the molecule is COc1ccc(NC(=O)CCC2CCCC2)cc1Cl.